The minimum Gasteiger partial charge on any atom is -0.494 e. The highest BCUT2D eigenvalue weighted by molar-refractivity contribution is 5.60. The average molecular weight is 400 g/mol. The van der Waals surface area contributed by atoms with Gasteiger partial charge in [0.1, 0.15) is 11.9 Å². The Labute approximate surface area is 176 Å². The third kappa shape index (κ3) is 9.43. The lowest BCUT2D eigenvalue weighted by Gasteiger charge is -2.09. The molecule has 0 fully saturated rings. The molecule has 0 aliphatic carbocycles. The number of hydrogen-bond acceptors (Lipinski definition) is 2. The molecule has 3 heteroatoms. The first kappa shape index (κ1) is 23.4. The average Bonchev–Trinajstić information content (AvgIpc) is 2.75. The maximum atomic E-state index is 13.9. The number of hydrogen-bond donors (Lipinski definition) is 0. The van der Waals surface area contributed by atoms with E-state index in [9.17, 15) is 4.39 Å². The summed E-state index contributed by atoms with van der Waals surface area (Å²) in [4.78, 5) is 4.60. The predicted molar refractivity (Wildman–Crippen MR) is 121 cm³/mol. The molecule has 0 aliphatic heterocycles. The first-order chi connectivity index (χ1) is 14.2. The number of ether oxygens (including phenoxy) is 1. The van der Waals surface area contributed by atoms with E-state index in [1.165, 1.54) is 24.8 Å². The summed E-state index contributed by atoms with van der Waals surface area (Å²) in [6.45, 7) is 5.15. The highest BCUT2D eigenvalue weighted by atomic mass is 19.1. The Balaban J connectivity index is 1.73. The first-order valence-corrected chi connectivity index (χ1v) is 11.5. The lowest BCUT2D eigenvalue weighted by molar-refractivity contribution is 0.283. The van der Waals surface area contributed by atoms with E-state index < -0.39 is 6.17 Å². The number of alkyl halides is 1. The molecule has 0 saturated heterocycles. The van der Waals surface area contributed by atoms with Crippen molar-refractivity contribution in [3.63, 3.8) is 0 Å². The number of aromatic nitrogens is 1. The van der Waals surface area contributed by atoms with Gasteiger partial charge in [-0.15, -0.1) is 0 Å². The van der Waals surface area contributed by atoms with Gasteiger partial charge in [-0.05, 0) is 68.0 Å². The fraction of sp³-hybridized carbons (Fsp3) is 0.577. The maximum absolute atomic E-state index is 13.9. The monoisotopic (exact) mass is 399 g/mol. The molecule has 2 rings (SSSR count). The Morgan fingerprint density at radius 2 is 1.55 bits per heavy atom. The van der Waals surface area contributed by atoms with E-state index in [1.807, 2.05) is 18.3 Å². The van der Waals surface area contributed by atoms with Crippen LogP contribution in [0.4, 0.5) is 4.39 Å². The zero-order valence-corrected chi connectivity index (χ0v) is 18.3. The van der Waals surface area contributed by atoms with Gasteiger partial charge in [0.25, 0.3) is 0 Å². The van der Waals surface area contributed by atoms with Crippen molar-refractivity contribution in [3.05, 3.63) is 48.2 Å². The molecular weight excluding hydrogens is 361 g/mol. The molecule has 0 radical (unpaired) electrons. The summed E-state index contributed by atoms with van der Waals surface area (Å²) < 4.78 is 19.7. The molecule has 2 aromatic rings. The zero-order chi connectivity index (χ0) is 20.7. The summed E-state index contributed by atoms with van der Waals surface area (Å²) in [6.07, 6.45) is 12.6. The van der Waals surface area contributed by atoms with Crippen LogP contribution < -0.4 is 4.74 Å². The summed E-state index contributed by atoms with van der Waals surface area (Å²) in [7, 11) is 0. The number of unbranched alkanes of at least 4 members (excludes halogenated alkanes) is 5. The third-order valence-corrected chi connectivity index (χ3v) is 5.35. The molecule has 0 aliphatic rings. The van der Waals surface area contributed by atoms with E-state index in [4.69, 9.17) is 4.74 Å². The van der Waals surface area contributed by atoms with Crippen LogP contribution in [0.25, 0.3) is 11.3 Å². The maximum Gasteiger partial charge on any atom is 0.119 e. The van der Waals surface area contributed by atoms with Crippen LogP contribution in [0, 0.1) is 0 Å². The van der Waals surface area contributed by atoms with Crippen molar-refractivity contribution in [1.29, 1.82) is 0 Å². The molecule has 0 bridgehead atoms. The molecule has 0 spiro atoms. The van der Waals surface area contributed by atoms with Gasteiger partial charge < -0.3 is 4.74 Å². The van der Waals surface area contributed by atoms with Crippen LogP contribution in [-0.2, 0) is 6.42 Å². The highest BCUT2D eigenvalue weighted by Gasteiger charge is 2.07. The van der Waals surface area contributed by atoms with Crippen molar-refractivity contribution in [2.75, 3.05) is 6.61 Å². The number of nitrogens with zero attached hydrogens (tertiary/aromatic N) is 1. The number of benzene rings is 1. The van der Waals surface area contributed by atoms with Crippen LogP contribution in [0.15, 0.2) is 42.6 Å². The zero-order valence-electron chi connectivity index (χ0n) is 18.3. The van der Waals surface area contributed by atoms with Gasteiger partial charge in [0.2, 0.25) is 0 Å². The molecule has 29 heavy (non-hydrogen) atoms. The Bertz CT molecular complexity index is 653. The van der Waals surface area contributed by atoms with Crippen LogP contribution in [-0.4, -0.2) is 17.8 Å². The van der Waals surface area contributed by atoms with E-state index in [1.54, 1.807) is 0 Å². The molecule has 0 N–H and O–H groups in total. The number of pyridine rings is 1. The van der Waals surface area contributed by atoms with Gasteiger partial charge >= 0.3 is 0 Å². The molecular formula is C26H38FNO. The van der Waals surface area contributed by atoms with Crippen LogP contribution >= 0.6 is 0 Å². The fourth-order valence-corrected chi connectivity index (χ4v) is 3.47. The van der Waals surface area contributed by atoms with Crippen molar-refractivity contribution in [3.8, 4) is 17.0 Å². The van der Waals surface area contributed by atoms with Crippen molar-refractivity contribution in [1.82, 2.24) is 4.98 Å². The smallest absolute Gasteiger partial charge is 0.119 e. The topological polar surface area (TPSA) is 22.1 Å². The van der Waals surface area contributed by atoms with Gasteiger partial charge in [0.05, 0.1) is 12.3 Å². The Morgan fingerprint density at radius 1 is 0.828 bits per heavy atom. The Hall–Kier alpha value is -1.90. The molecule has 0 saturated carbocycles. The molecule has 1 unspecified atom stereocenters. The fourth-order valence-electron chi connectivity index (χ4n) is 3.47. The first-order valence-electron chi connectivity index (χ1n) is 11.5. The SMILES string of the molecule is CCCCCCOc1ccc(-c2ccc(CCCC(F)CCCCC)cn2)cc1. The van der Waals surface area contributed by atoms with E-state index >= 15 is 0 Å². The molecule has 1 atom stereocenters. The summed E-state index contributed by atoms with van der Waals surface area (Å²) in [6, 6.07) is 12.3. The molecule has 1 aromatic carbocycles. The van der Waals surface area contributed by atoms with Gasteiger partial charge in [-0.1, -0.05) is 58.4 Å². The minimum atomic E-state index is -0.652. The van der Waals surface area contributed by atoms with Gasteiger partial charge in [-0.3, -0.25) is 4.98 Å². The van der Waals surface area contributed by atoms with Crippen molar-refractivity contribution < 1.29 is 9.13 Å². The normalized spacial score (nSPS) is 12.1. The molecule has 1 aromatic heterocycles. The molecule has 1 heterocycles. The molecule has 0 amide bonds. The second kappa shape index (κ2) is 14.1. The number of aryl methyl sites for hydroxylation is 1. The minimum absolute atomic E-state index is 0.652. The summed E-state index contributed by atoms with van der Waals surface area (Å²) in [5.41, 5.74) is 3.24. The lowest BCUT2D eigenvalue weighted by Crippen LogP contribution is -2.01. The quantitative estimate of drug-likeness (QED) is 0.283. The number of halogens is 1. The second-order valence-corrected chi connectivity index (χ2v) is 7.97. The van der Waals surface area contributed by atoms with Gasteiger partial charge in [-0.25, -0.2) is 4.39 Å². The van der Waals surface area contributed by atoms with E-state index in [0.717, 1.165) is 62.1 Å². The summed E-state index contributed by atoms with van der Waals surface area (Å²) >= 11 is 0. The summed E-state index contributed by atoms with van der Waals surface area (Å²) in [5.74, 6) is 0.918. The van der Waals surface area contributed by atoms with E-state index in [-0.39, 0.29) is 0 Å². The van der Waals surface area contributed by atoms with Crippen LogP contribution in [0.3, 0.4) is 0 Å². The lowest BCUT2D eigenvalue weighted by atomic mass is 10.0. The standard InChI is InChI=1S/C26H38FNO/c1-3-5-7-9-20-29-25-17-15-23(16-18-25)26-19-14-22(21-28-26)11-10-13-24(27)12-8-6-4-2/h14-19,21,24H,3-13,20H2,1-2H3. The van der Waals surface area contributed by atoms with Crippen molar-refractivity contribution >= 4 is 0 Å². The predicted octanol–water partition coefficient (Wildman–Crippen LogP) is 7.95. The van der Waals surface area contributed by atoms with Crippen molar-refractivity contribution in [2.24, 2.45) is 0 Å². The Kier molecular flexibility index (Phi) is 11.4. The van der Waals surface area contributed by atoms with Gasteiger partial charge in [0.15, 0.2) is 0 Å². The molecule has 2 nitrogen and oxygen atoms in total. The van der Waals surface area contributed by atoms with E-state index in [2.05, 4.69) is 43.1 Å². The summed E-state index contributed by atoms with van der Waals surface area (Å²) in [5, 5.41) is 0. The molecule has 160 valence electrons. The van der Waals surface area contributed by atoms with Crippen LogP contribution in [0.2, 0.25) is 0 Å². The van der Waals surface area contributed by atoms with E-state index in [0.29, 0.717) is 12.8 Å². The Morgan fingerprint density at radius 3 is 2.24 bits per heavy atom. The van der Waals surface area contributed by atoms with Gasteiger partial charge in [0, 0.05) is 11.8 Å². The largest absolute Gasteiger partial charge is 0.494 e. The van der Waals surface area contributed by atoms with Gasteiger partial charge in [-0.2, -0.15) is 0 Å². The van der Waals surface area contributed by atoms with Crippen LogP contribution in [0.1, 0.15) is 83.6 Å². The van der Waals surface area contributed by atoms with Crippen molar-refractivity contribution in [2.45, 2.75) is 90.6 Å². The van der Waals surface area contributed by atoms with Crippen LogP contribution in [0.5, 0.6) is 5.75 Å². The second-order valence-electron chi connectivity index (χ2n) is 7.97. The third-order valence-electron chi connectivity index (χ3n) is 5.35. The number of rotatable bonds is 15. The highest BCUT2D eigenvalue weighted by Crippen LogP contribution is 2.22.